The first kappa shape index (κ1) is 21.9. The number of alkyl halides is 1. The fourth-order valence-electron chi connectivity index (χ4n) is 4.21. The van der Waals surface area contributed by atoms with Gasteiger partial charge in [0.15, 0.2) is 0 Å². The normalized spacial score (nSPS) is 28.9. The number of carbonyl (C=O) groups excluding carboxylic acids is 2. The number of hydrogen-bond acceptors (Lipinski definition) is 3. The van der Waals surface area contributed by atoms with Gasteiger partial charge in [0.05, 0.1) is 28.6 Å². The molecule has 2 fully saturated rings. The zero-order valence-corrected chi connectivity index (χ0v) is 18.1. The zero-order chi connectivity index (χ0) is 22.3. The number of urea groups is 1. The molecule has 1 aromatic rings. The van der Waals surface area contributed by atoms with Gasteiger partial charge in [0.25, 0.3) is 0 Å². The van der Waals surface area contributed by atoms with Crippen molar-refractivity contribution in [2.45, 2.75) is 30.6 Å². The molecule has 0 aromatic heterocycles. The molecule has 1 aromatic carbocycles. The van der Waals surface area contributed by atoms with Crippen LogP contribution in [0.3, 0.4) is 0 Å². The van der Waals surface area contributed by atoms with Crippen molar-refractivity contribution in [1.29, 1.82) is 0 Å². The summed E-state index contributed by atoms with van der Waals surface area (Å²) in [5.74, 6) is -3.12. The highest BCUT2D eigenvalue weighted by Gasteiger charge is 2.49. The van der Waals surface area contributed by atoms with Crippen molar-refractivity contribution < 1.29 is 23.1 Å². The topological polar surface area (TPSA) is 79.5 Å². The molecule has 31 heavy (non-hydrogen) atoms. The van der Waals surface area contributed by atoms with E-state index in [4.69, 9.17) is 27.9 Å². The highest BCUT2D eigenvalue weighted by molar-refractivity contribution is 6.42. The van der Waals surface area contributed by atoms with Crippen LogP contribution >= 0.6 is 23.2 Å². The van der Waals surface area contributed by atoms with Gasteiger partial charge in [-0.25, -0.2) is 13.6 Å². The number of allylic oxidation sites excluding steroid dienone is 3. The van der Waals surface area contributed by atoms with Crippen LogP contribution in [-0.2, 0) is 15.1 Å². The third kappa shape index (κ3) is 4.23. The molecular weight excluding hydrogens is 451 g/mol. The molecule has 166 valence electrons. The van der Waals surface area contributed by atoms with Crippen molar-refractivity contribution in [3.8, 4) is 0 Å². The van der Waals surface area contributed by atoms with Gasteiger partial charge in [-0.15, -0.1) is 0 Å². The van der Waals surface area contributed by atoms with Gasteiger partial charge >= 0.3 is 6.03 Å². The molecule has 4 atom stereocenters. The first-order chi connectivity index (χ1) is 14.7. The minimum atomic E-state index is -1.68. The number of methoxy groups -OCH3 is 1. The standard InChI is InChI=1S/C21H21Cl2F2N3O3/c1-31-11-7-15(24)17(16(25)8-11)12-9-26-19(29)18(12)27-20(30)28-21(4-5-21)10-2-3-13(22)14(23)6-10/h2-3,6-8,12,15,17-18H,4-5,9H2,1H3,(H,26,29)(H2,27,28,30)/t12-,15?,17+,18-/m0/s1. The molecule has 1 heterocycles. The first-order valence-electron chi connectivity index (χ1n) is 9.83. The van der Waals surface area contributed by atoms with Crippen LogP contribution in [0.1, 0.15) is 18.4 Å². The fourth-order valence-corrected chi connectivity index (χ4v) is 4.51. The molecule has 1 saturated carbocycles. The van der Waals surface area contributed by atoms with E-state index < -0.39 is 47.4 Å². The number of ether oxygens (including phenoxy) is 1. The van der Waals surface area contributed by atoms with Crippen LogP contribution in [-0.4, -0.2) is 37.8 Å². The van der Waals surface area contributed by atoms with Crippen LogP contribution in [0.2, 0.25) is 10.0 Å². The van der Waals surface area contributed by atoms with E-state index >= 15 is 0 Å². The van der Waals surface area contributed by atoms with Crippen LogP contribution in [0.4, 0.5) is 13.6 Å². The summed E-state index contributed by atoms with van der Waals surface area (Å²) in [4.78, 5) is 25.1. The molecule has 4 rings (SSSR count). The summed E-state index contributed by atoms with van der Waals surface area (Å²) in [5, 5.41) is 8.84. The van der Waals surface area contributed by atoms with Gasteiger partial charge in [-0.3, -0.25) is 4.79 Å². The monoisotopic (exact) mass is 471 g/mol. The van der Waals surface area contributed by atoms with E-state index in [1.165, 1.54) is 7.11 Å². The third-order valence-corrected chi connectivity index (χ3v) is 6.79. The Morgan fingerprint density at radius 2 is 2.03 bits per heavy atom. The maximum Gasteiger partial charge on any atom is 0.316 e. The largest absolute Gasteiger partial charge is 0.497 e. The van der Waals surface area contributed by atoms with E-state index in [0.29, 0.717) is 22.9 Å². The maximum atomic E-state index is 14.7. The summed E-state index contributed by atoms with van der Waals surface area (Å²) in [6, 6.07) is 3.45. The minimum absolute atomic E-state index is 0.0459. The average molecular weight is 472 g/mol. The number of hydrogen-bond donors (Lipinski definition) is 3. The van der Waals surface area contributed by atoms with E-state index in [0.717, 1.165) is 17.7 Å². The molecule has 3 N–H and O–H groups in total. The van der Waals surface area contributed by atoms with Gasteiger partial charge in [-0.2, -0.15) is 0 Å². The lowest BCUT2D eigenvalue weighted by Crippen LogP contribution is -2.52. The maximum absolute atomic E-state index is 14.7. The Labute approximate surface area is 188 Å². The summed E-state index contributed by atoms with van der Waals surface area (Å²) >= 11 is 12.1. The van der Waals surface area contributed by atoms with Gasteiger partial charge in [0.1, 0.15) is 23.8 Å². The Bertz CT molecular complexity index is 981. The van der Waals surface area contributed by atoms with Crippen molar-refractivity contribution in [3.63, 3.8) is 0 Å². The molecule has 0 bridgehead atoms. The number of amides is 3. The van der Waals surface area contributed by atoms with E-state index in [1.807, 2.05) is 0 Å². The van der Waals surface area contributed by atoms with Crippen molar-refractivity contribution >= 4 is 35.1 Å². The Morgan fingerprint density at radius 3 is 2.65 bits per heavy atom. The molecule has 0 radical (unpaired) electrons. The van der Waals surface area contributed by atoms with Crippen LogP contribution in [0.5, 0.6) is 0 Å². The molecular formula is C21H21Cl2F2N3O3. The number of halogens is 4. The number of carbonyl (C=O) groups is 2. The molecule has 2 aliphatic carbocycles. The first-order valence-corrected chi connectivity index (χ1v) is 10.6. The molecule has 10 heteroatoms. The molecule has 3 aliphatic rings. The zero-order valence-electron chi connectivity index (χ0n) is 16.6. The van der Waals surface area contributed by atoms with Gasteiger partial charge in [0.2, 0.25) is 5.91 Å². The molecule has 1 saturated heterocycles. The lowest BCUT2D eigenvalue weighted by molar-refractivity contribution is -0.121. The second-order valence-electron chi connectivity index (χ2n) is 7.97. The van der Waals surface area contributed by atoms with Gasteiger partial charge in [0, 0.05) is 18.5 Å². The highest BCUT2D eigenvalue weighted by Crippen LogP contribution is 2.46. The van der Waals surface area contributed by atoms with Crippen LogP contribution in [0.15, 0.2) is 41.9 Å². The highest BCUT2D eigenvalue weighted by atomic mass is 35.5. The van der Waals surface area contributed by atoms with Crippen molar-refractivity contribution in [2.75, 3.05) is 13.7 Å². The summed E-state index contributed by atoms with van der Waals surface area (Å²) in [5.41, 5.74) is 0.184. The van der Waals surface area contributed by atoms with E-state index in [-0.39, 0.29) is 12.3 Å². The lowest BCUT2D eigenvalue weighted by atomic mass is 9.81. The Morgan fingerprint density at radius 1 is 1.29 bits per heavy atom. The third-order valence-electron chi connectivity index (χ3n) is 6.05. The molecule has 0 spiro atoms. The summed E-state index contributed by atoms with van der Waals surface area (Å²) in [6.07, 6.45) is 1.96. The molecule has 3 amide bonds. The Balaban J connectivity index is 1.47. The number of benzene rings is 1. The Hall–Kier alpha value is -2.32. The molecule has 6 nitrogen and oxygen atoms in total. The minimum Gasteiger partial charge on any atom is -0.497 e. The second-order valence-corrected chi connectivity index (χ2v) is 8.78. The second kappa shape index (κ2) is 8.31. The Kier molecular flexibility index (Phi) is 5.87. The smallest absolute Gasteiger partial charge is 0.316 e. The van der Waals surface area contributed by atoms with Gasteiger partial charge < -0.3 is 20.7 Å². The SMILES string of the molecule is COC1=CC(F)[C@@H]([C@@H]2CNC(=O)[C@H]2NC(=O)NC2(c3ccc(Cl)c(Cl)c3)CC2)C(F)=C1. The number of nitrogens with one attached hydrogen (secondary N) is 3. The van der Waals surface area contributed by atoms with Crippen LogP contribution < -0.4 is 16.0 Å². The van der Waals surface area contributed by atoms with E-state index in [9.17, 15) is 18.4 Å². The summed E-state index contributed by atoms with van der Waals surface area (Å²) in [6.45, 7) is 0.0459. The molecule has 1 aliphatic heterocycles. The van der Waals surface area contributed by atoms with Crippen molar-refractivity contribution in [2.24, 2.45) is 11.8 Å². The van der Waals surface area contributed by atoms with E-state index in [1.54, 1.807) is 18.2 Å². The average Bonchev–Trinajstić information content (AvgIpc) is 3.42. The predicted octanol–water partition coefficient (Wildman–Crippen LogP) is 3.75. The quantitative estimate of drug-likeness (QED) is 0.611. The van der Waals surface area contributed by atoms with Crippen LogP contribution in [0, 0.1) is 11.8 Å². The summed E-state index contributed by atoms with van der Waals surface area (Å²) in [7, 11) is 1.32. The number of rotatable bonds is 5. The predicted molar refractivity (Wildman–Crippen MR) is 112 cm³/mol. The van der Waals surface area contributed by atoms with Crippen molar-refractivity contribution in [1.82, 2.24) is 16.0 Å². The summed E-state index contributed by atoms with van der Waals surface area (Å²) < 4.78 is 34.2. The van der Waals surface area contributed by atoms with Crippen LogP contribution in [0.25, 0.3) is 0 Å². The van der Waals surface area contributed by atoms with Gasteiger partial charge in [-0.05, 0) is 36.6 Å². The fraction of sp³-hybridized carbons (Fsp3) is 0.429. The molecule has 1 unspecified atom stereocenters. The lowest BCUT2D eigenvalue weighted by Gasteiger charge is -2.30. The van der Waals surface area contributed by atoms with Crippen molar-refractivity contribution in [3.05, 3.63) is 57.5 Å². The van der Waals surface area contributed by atoms with Gasteiger partial charge in [-0.1, -0.05) is 29.3 Å². The van der Waals surface area contributed by atoms with E-state index in [2.05, 4.69) is 16.0 Å².